The van der Waals surface area contributed by atoms with E-state index >= 15 is 0 Å². The molecule has 0 aliphatic carbocycles. The normalized spacial score (nSPS) is 10.3. The lowest BCUT2D eigenvalue weighted by Crippen LogP contribution is -2.31. The molecule has 0 aliphatic heterocycles. The molecule has 2 rings (SSSR count). The van der Waals surface area contributed by atoms with Crippen LogP contribution in [0.25, 0.3) is 0 Å². The van der Waals surface area contributed by atoms with E-state index in [9.17, 15) is 4.79 Å². The van der Waals surface area contributed by atoms with Crippen LogP contribution in [0.2, 0.25) is 5.02 Å². The van der Waals surface area contributed by atoms with Gasteiger partial charge < -0.3 is 5.32 Å². The Hall–Kier alpha value is -1.63. The summed E-state index contributed by atoms with van der Waals surface area (Å²) in [4.78, 5) is 15.4. The highest BCUT2D eigenvalue weighted by Crippen LogP contribution is 2.25. The predicted octanol–water partition coefficient (Wildman–Crippen LogP) is 2.38. The van der Waals surface area contributed by atoms with Crippen molar-refractivity contribution >= 4 is 39.7 Å². The number of nitrogens with zero attached hydrogens (tertiary/aromatic N) is 1. The van der Waals surface area contributed by atoms with Gasteiger partial charge in [-0.25, -0.2) is 10.8 Å². The van der Waals surface area contributed by atoms with Crippen LogP contribution in [0.15, 0.2) is 23.6 Å². The largest absolute Gasteiger partial charge is 0.331 e. The minimum absolute atomic E-state index is 0.175. The predicted molar refractivity (Wildman–Crippen MR) is 77.6 cm³/mol. The summed E-state index contributed by atoms with van der Waals surface area (Å²) in [5.74, 6) is 4.77. The Balaban J connectivity index is 2.09. The Labute approximate surface area is 119 Å². The zero-order valence-electron chi connectivity index (χ0n) is 10.2. The minimum Gasteiger partial charge on any atom is -0.331 e. The molecular formula is C12H13ClN4OS. The molecule has 5 nitrogen and oxygen atoms in total. The molecule has 7 heteroatoms. The number of aryl methyl sites for hydroxylation is 1. The third kappa shape index (κ3) is 3.66. The van der Waals surface area contributed by atoms with Crippen LogP contribution in [-0.4, -0.2) is 10.9 Å². The summed E-state index contributed by atoms with van der Waals surface area (Å²) in [6, 6.07) is 5.58. The van der Waals surface area contributed by atoms with E-state index in [2.05, 4.69) is 15.7 Å². The van der Waals surface area contributed by atoms with Gasteiger partial charge in [0.25, 0.3) is 0 Å². The molecule has 1 heterocycles. The third-order valence-electron chi connectivity index (χ3n) is 2.48. The first kappa shape index (κ1) is 13.8. The molecule has 0 atom stereocenters. The van der Waals surface area contributed by atoms with Crippen LogP contribution in [0.1, 0.15) is 11.3 Å². The molecule has 100 valence electrons. The van der Waals surface area contributed by atoms with Gasteiger partial charge in [-0.05, 0) is 30.7 Å². The van der Waals surface area contributed by atoms with Gasteiger partial charge in [0.1, 0.15) is 0 Å². The van der Waals surface area contributed by atoms with E-state index in [0.717, 1.165) is 16.4 Å². The molecule has 0 fully saturated rings. The van der Waals surface area contributed by atoms with Crippen molar-refractivity contribution in [3.05, 3.63) is 39.9 Å². The number of halogens is 1. The first-order chi connectivity index (χ1) is 9.08. The van der Waals surface area contributed by atoms with Crippen molar-refractivity contribution in [2.75, 3.05) is 5.32 Å². The third-order valence-corrected chi connectivity index (χ3v) is 3.53. The monoisotopic (exact) mass is 296 g/mol. The van der Waals surface area contributed by atoms with Crippen LogP contribution >= 0.6 is 22.9 Å². The van der Waals surface area contributed by atoms with E-state index < -0.39 is 0 Å². The minimum atomic E-state index is -0.264. The van der Waals surface area contributed by atoms with Gasteiger partial charge in [0.2, 0.25) is 5.91 Å². The maximum atomic E-state index is 11.1. The molecule has 1 aromatic heterocycles. The van der Waals surface area contributed by atoms with Gasteiger partial charge >= 0.3 is 0 Å². The summed E-state index contributed by atoms with van der Waals surface area (Å²) in [5, 5.41) is 6.44. The molecule has 0 saturated heterocycles. The van der Waals surface area contributed by atoms with E-state index in [1.165, 1.54) is 11.3 Å². The Morgan fingerprint density at radius 2 is 2.32 bits per heavy atom. The summed E-state index contributed by atoms with van der Waals surface area (Å²) in [6.45, 7) is 1.96. The van der Waals surface area contributed by atoms with Crippen molar-refractivity contribution in [3.63, 3.8) is 0 Å². The second-order valence-electron chi connectivity index (χ2n) is 3.97. The summed E-state index contributed by atoms with van der Waals surface area (Å²) < 4.78 is 0. The highest BCUT2D eigenvalue weighted by Gasteiger charge is 2.07. The lowest BCUT2D eigenvalue weighted by atomic mass is 10.2. The van der Waals surface area contributed by atoms with Crippen molar-refractivity contribution in [3.8, 4) is 0 Å². The number of hydrogen-bond donors (Lipinski definition) is 3. The second-order valence-corrected chi connectivity index (χ2v) is 5.27. The van der Waals surface area contributed by atoms with E-state index in [4.69, 9.17) is 17.4 Å². The molecule has 4 N–H and O–H groups in total. The number of rotatable bonds is 4. The molecular weight excluding hydrogens is 284 g/mol. The van der Waals surface area contributed by atoms with E-state index in [1.54, 1.807) is 0 Å². The molecule has 2 aromatic rings. The Bertz CT molecular complexity index is 599. The number of anilines is 2. The number of hydrogen-bond acceptors (Lipinski definition) is 5. The molecule has 0 unspecified atom stereocenters. The summed E-state index contributed by atoms with van der Waals surface area (Å²) in [6.07, 6.45) is 0.175. The fraction of sp³-hybridized carbons (Fsp3) is 0.167. The number of hydrazine groups is 1. The Morgan fingerprint density at radius 3 is 3.00 bits per heavy atom. The fourth-order valence-corrected chi connectivity index (χ4v) is 2.49. The summed E-state index contributed by atoms with van der Waals surface area (Å²) in [5.41, 5.74) is 4.73. The van der Waals surface area contributed by atoms with Gasteiger partial charge in [-0.2, -0.15) is 0 Å². The number of thiazole rings is 1. The van der Waals surface area contributed by atoms with E-state index in [-0.39, 0.29) is 12.3 Å². The molecule has 1 aromatic carbocycles. The number of aromatic nitrogens is 1. The second kappa shape index (κ2) is 6.01. The smallest absolute Gasteiger partial charge is 0.239 e. The highest BCUT2D eigenvalue weighted by molar-refractivity contribution is 7.13. The molecule has 19 heavy (non-hydrogen) atoms. The highest BCUT2D eigenvalue weighted by atomic mass is 35.5. The molecule has 0 bridgehead atoms. The van der Waals surface area contributed by atoms with E-state index in [1.807, 2.05) is 30.5 Å². The first-order valence-corrected chi connectivity index (χ1v) is 6.81. The lowest BCUT2D eigenvalue weighted by Gasteiger charge is -2.06. The van der Waals surface area contributed by atoms with Gasteiger partial charge in [-0.15, -0.1) is 11.3 Å². The molecule has 0 radical (unpaired) electrons. The van der Waals surface area contributed by atoms with Crippen molar-refractivity contribution < 1.29 is 4.79 Å². The lowest BCUT2D eigenvalue weighted by molar-refractivity contribution is -0.120. The Kier molecular flexibility index (Phi) is 4.36. The van der Waals surface area contributed by atoms with Crippen LogP contribution in [-0.2, 0) is 11.2 Å². The Morgan fingerprint density at radius 1 is 1.53 bits per heavy atom. The molecule has 0 saturated carbocycles. The van der Waals surface area contributed by atoms with Crippen molar-refractivity contribution in [2.45, 2.75) is 13.3 Å². The van der Waals surface area contributed by atoms with E-state index in [0.29, 0.717) is 10.7 Å². The fourth-order valence-electron chi connectivity index (χ4n) is 1.54. The van der Waals surface area contributed by atoms with Crippen LogP contribution in [0.3, 0.4) is 0 Å². The van der Waals surface area contributed by atoms with Gasteiger partial charge in [0.05, 0.1) is 12.1 Å². The maximum absolute atomic E-state index is 11.1. The van der Waals surface area contributed by atoms with Crippen molar-refractivity contribution in [1.82, 2.24) is 10.4 Å². The molecule has 0 aliphatic rings. The zero-order chi connectivity index (χ0) is 13.8. The van der Waals surface area contributed by atoms with Gasteiger partial charge in [-0.3, -0.25) is 10.2 Å². The van der Waals surface area contributed by atoms with Crippen molar-refractivity contribution in [2.24, 2.45) is 5.84 Å². The number of carbonyl (C=O) groups is 1. The summed E-state index contributed by atoms with van der Waals surface area (Å²) in [7, 11) is 0. The first-order valence-electron chi connectivity index (χ1n) is 5.55. The average Bonchev–Trinajstić information content (AvgIpc) is 2.80. The van der Waals surface area contributed by atoms with Gasteiger partial charge in [-0.1, -0.05) is 11.6 Å². The molecule has 1 amide bonds. The number of nitrogens with two attached hydrogens (primary N) is 1. The van der Waals surface area contributed by atoms with Gasteiger partial charge in [0.15, 0.2) is 5.13 Å². The zero-order valence-corrected chi connectivity index (χ0v) is 11.8. The van der Waals surface area contributed by atoms with Gasteiger partial charge in [0, 0.05) is 16.1 Å². The average molecular weight is 297 g/mol. The summed E-state index contributed by atoms with van der Waals surface area (Å²) >= 11 is 7.33. The topological polar surface area (TPSA) is 80.0 Å². The number of carbonyl (C=O) groups excluding carboxylic acids is 1. The van der Waals surface area contributed by atoms with Crippen LogP contribution in [0, 0.1) is 6.92 Å². The number of amides is 1. The molecule has 0 spiro atoms. The number of benzene rings is 1. The van der Waals surface area contributed by atoms with Crippen LogP contribution < -0.4 is 16.6 Å². The van der Waals surface area contributed by atoms with Crippen molar-refractivity contribution in [1.29, 1.82) is 0 Å². The van der Waals surface area contributed by atoms with Crippen LogP contribution in [0.4, 0.5) is 10.8 Å². The standard InChI is InChI=1S/C12H13ClN4OS/c1-7-4-8(13)2-3-10(7)16-12-15-9(6-19-12)5-11(18)17-14/h2-4,6H,5,14H2,1H3,(H,15,16)(H,17,18). The quantitative estimate of drug-likeness (QED) is 0.460. The van der Waals surface area contributed by atoms with Crippen LogP contribution in [0.5, 0.6) is 0 Å². The SMILES string of the molecule is Cc1cc(Cl)ccc1Nc1nc(CC(=O)NN)cs1. The number of nitrogens with one attached hydrogen (secondary N) is 2. The maximum Gasteiger partial charge on any atom is 0.239 e.